The van der Waals surface area contributed by atoms with Crippen LogP contribution >= 0.6 is 0 Å². The van der Waals surface area contributed by atoms with Gasteiger partial charge < -0.3 is 14.7 Å². The van der Waals surface area contributed by atoms with Crippen molar-refractivity contribution in [2.24, 2.45) is 11.8 Å². The number of ether oxygens (including phenoxy) is 1. The van der Waals surface area contributed by atoms with Gasteiger partial charge in [-0.2, -0.15) is 13.2 Å². The Hall–Kier alpha value is -3.52. The zero-order valence-corrected chi connectivity index (χ0v) is 23.4. The normalized spacial score (nSPS) is 17.8. The molecule has 1 amide bonds. The zero-order valence-electron chi connectivity index (χ0n) is 23.4. The molecule has 8 heteroatoms. The minimum absolute atomic E-state index is 0.0808. The van der Waals surface area contributed by atoms with Crippen LogP contribution in [0.2, 0.25) is 0 Å². The number of alkyl halides is 3. The molecular formula is C32H37F3N2O3. The topological polar surface area (TPSA) is 53.0 Å². The number of hydrogen-bond acceptors (Lipinski definition) is 4. The van der Waals surface area contributed by atoms with Crippen LogP contribution < -0.4 is 4.74 Å². The maximum atomic E-state index is 13.6. The van der Waals surface area contributed by atoms with E-state index in [1.54, 1.807) is 24.3 Å². The van der Waals surface area contributed by atoms with Crippen molar-refractivity contribution in [1.29, 1.82) is 0 Å². The molecule has 0 radical (unpaired) electrons. The molecule has 5 nitrogen and oxygen atoms in total. The average molecular weight is 555 g/mol. The molecule has 1 aliphatic heterocycles. The Bertz CT molecular complexity index is 1310. The first kappa shape index (κ1) is 29.5. The van der Waals surface area contributed by atoms with Crippen LogP contribution in [0.25, 0.3) is 0 Å². The first-order valence-electron chi connectivity index (χ1n) is 13.6. The first-order chi connectivity index (χ1) is 18.9. The second kappa shape index (κ2) is 12.3. The summed E-state index contributed by atoms with van der Waals surface area (Å²) in [6.07, 6.45) is -4.44. The number of halogens is 3. The number of carbonyl (C=O) groups is 1. The zero-order chi connectivity index (χ0) is 29.0. The summed E-state index contributed by atoms with van der Waals surface area (Å²) in [5.74, 6) is 0.467. The van der Waals surface area contributed by atoms with E-state index in [0.717, 1.165) is 11.6 Å². The van der Waals surface area contributed by atoms with Crippen LogP contribution in [0.4, 0.5) is 13.2 Å². The molecule has 0 unspecified atom stereocenters. The SMILES string of the molecule is COc1ccc(CN2C[C@@H](CN(CC(C)C)C(=O)c3ccc(C)cc3)[C@@H](c3cccc(C(F)(F)F)c3)C2)c(O)c1. The third kappa shape index (κ3) is 7.16. The Kier molecular flexibility index (Phi) is 9.08. The van der Waals surface area contributed by atoms with Crippen LogP contribution in [0.3, 0.4) is 0 Å². The molecule has 0 aromatic heterocycles. The number of nitrogens with zero attached hydrogens (tertiary/aromatic N) is 2. The highest BCUT2D eigenvalue weighted by atomic mass is 19.4. The largest absolute Gasteiger partial charge is 0.507 e. The number of amides is 1. The lowest BCUT2D eigenvalue weighted by Gasteiger charge is -2.30. The number of phenols is 1. The molecule has 0 bridgehead atoms. The first-order valence-corrected chi connectivity index (χ1v) is 13.6. The van der Waals surface area contributed by atoms with Gasteiger partial charge in [-0.3, -0.25) is 9.69 Å². The van der Waals surface area contributed by atoms with Gasteiger partial charge in [0, 0.05) is 55.8 Å². The molecule has 0 spiro atoms. The Balaban J connectivity index is 1.64. The van der Waals surface area contributed by atoms with Crippen LogP contribution in [0, 0.1) is 18.8 Å². The minimum atomic E-state index is -4.44. The Morgan fingerprint density at radius 1 is 1.07 bits per heavy atom. The van der Waals surface area contributed by atoms with Gasteiger partial charge in [-0.1, -0.05) is 55.8 Å². The van der Waals surface area contributed by atoms with Crippen LogP contribution in [-0.4, -0.2) is 54.1 Å². The van der Waals surface area contributed by atoms with Gasteiger partial charge in [-0.05, 0) is 48.6 Å². The molecule has 3 aromatic rings. The van der Waals surface area contributed by atoms with Crippen LogP contribution in [0.1, 0.15) is 52.4 Å². The number of carbonyl (C=O) groups excluding carboxylic acids is 1. The number of aryl methyl sites for hydroxylation is 1. The Labute approximate surface area is 234 Å². The number of likely N-dealkylation sites (tertiary alicyclic amines) is 1. The van der Waals surface area contributed by atoms with Crippen molar-refractivity contribution in [2.75, 3.05) is 33.3 Å². The van der Waals surface area contributed by atoms with Crippen molar-refractivity contribution in [3.8, 4) is 11.5 Å². The summed E-state index contributed by atoms with van der Waals surface area (Å²) in [6, 6.07) is 18.1. The summed E-state index contributed by atoms with van der Waals surface area (Å²) < 4.78 is 46.0. The van der Waals surface area contributed by atoms with Crippen molar-refractivity contribution < 1.29 is 27.8 Å². The van der Waals surface area contributed by atoms with Gasteiger partial charge in [0.15, 0.2) is 0 Å². The van der Waals surface area contributed by atoms with Crippen LogP contribution in [0.5, 0.6) is 11.5 Å². The van der Waals surface area contributed by atoms with Gasteiger partial charge in [0.1, 0.15) is 11.5 Å². The number of benzene rings is 3. The number of rotatable bonds is 9. The van der Waals surface area contributed by atoms with E-state index in [-0.39, 0.29) is 29.4 Å². The number of methoxy groups -OCH3 is 1. The van der Waals surface area contributed by atoms with Gasteiger partial charge in [0.25, 0.3) is 5.91 Å². The van der Waals surface area contributed by atoms with Crippen molar-refractivity contribution in [2.45, 2.75) is 39.4 Å². The second-order valence-corrected chi connectivity index (χ2v) is 11.1. The maximum absolute atomic E-state index is 13.6. The third-order valence-electron chi connectivity index (χ3n) is 7.47. The monoisotopic (exact) mass is 554 g/mol. The fourth-order valence-electron chi connectivity index (χ4n) is 5.49. The Morgan fingerprint density at radius 2 is 1.80 bits per heavy atom. The molecule has 214 valence electrons. The number of aromatic hydroxyl groups is 1. The van der Waals surface area contributed by atoms with Gasteiger partial charge in [-0.25, -0.2) is 0 Å². The summed E-state index contributed by atoms with van der Waals surface area (Å²) in [6.45, 7) is 8.52. The molecular weight excluding hydrogens is 517 g/mol. The quantitative estimate of drug-likeness (QED) is 0.318. The fraction of sp³-hybridized carbons (Fsp3) is 0.406. The molecule has 40 heavy (non-hydrogen) atoms. The summed E-state index contributed by atoms with van der Waals surface area (Å²) in [5.41, 5.74) is 2.29. The highest BCUT2D eigenvalue weighted by Crippen LogP contribution is 2.38. The summed E-state index contributed by atoms with van der Waals surface area (Å²) in [5, 5.41) is 10.5. The molecule has 2 atom stereocenters. The maximum Gasteiger partial charge on any atom is 0.416 e. The van der Waals surface area contributed by atoms with Crippen LogP contribution in [0.15, 0.2) is 66.7 Å². The van der Waals surface area contributed by atoms with Gasteiger partial charge in [-0.15, -0.1) is 0 Å². The smallest absolute Gasteiger partial charge is 0.416 e. The molecule has 0 aliphatic carbocycles. The fourth-order valence-corrected chi connectivity index (χ4v) is 5.49. The minimum Gasteiger partial charge on any atom is -0.507 e. The standard InChI is InChI=1S/C32H37F3N2O3/c1-21(2)16-37(31(39)23-10-8-22(3)9-11-23)19-26-18-36(17-25-12-13-28(40-4)15-30(25)38)20-29(26)24-6-5-7-27(14-24)32(33,34)35/h5-15,21,26,29,38H,16-20H2,1-4H3/t26-,29+/m0/s1. The van der Waals surface area contributed by atoms with E-state index >= 15 is 0 Å². The predicted molar refractivity (Wildman–Crippen MR) is 150 cm³/mol. The summed E-state index contributed by atoms with van der Waals surface area (Å²) >= 11 is 0. The van der Waals surface area contributed by atoms with Gasteiger partial charge in [0.05, 0.1) is 12.7 Å². The average Bonchev–Trinajstić information content (AvgIpc) is 3.31. The summed E-state index contributed by atoms with van der Waals surface area (Å²) in [4.78, 5) is 17.6. The van der Waals surface area contributed by atoms with Crippen molar-refractivity contribution in [3.63, 3.8) is 0 Å². The van der Waals surface area contributed by atoms with Gasteiger partial charge >= 0.3 is 6.18 Å². The molecule has 1 N–H and O–H groups in total. The lowest BCUT2D eigenvalue weighted by atomic mass is 9.87. The van der Waals surface area contributed by atoms with E-state index in [0.29, 0.717) is 55.2 Å². The lowest BCUT2D eigenvalue weighted by Crippen LogP contribution is -2.39. The molecule has 1 heterocycles. The van der Waals surface area contributed by atoms with Crippen molar-refractivity contribution in [1.82, 2.24) is 9.80 Å². The lowest BCUT2D eigenvalue weighted by molar-refractivity contribution is -0.137. The third-order valence-corrected chi connectivity index (χ3v) is 7.47. The highest BCUT2D eigenvalue weighted by Gasteiger charge is 2.38. The van der Waals surface area contributed by atoms with Gasteiger partial charge in [0.2, 0.25) is 0 Å². The van der Waals surface area contributed by atoms with Crippen LogP contribution in [-0.2, 0) is 12.7 Å². The van der Waals surface area contributed by atoms with E-state index in [1.165, 1.54) is 19.2 Å². The molecule has 1 saturated heterocycles. The highest BCUT2D eigenvalue weighted by molar-refractivity contribution is 5.94. The van der Waals surface area contributed by atoms with Crippen molar-refractivity contribution in [3.05, 3.63) is 94.5 Å². The number of phenolic OH excluding ortho intramolecular Hbond substituents is 1. The molecule has 3 aromatic carbocycles. The van der Waals surface area contributed by atoms with E-state index in [4.69, 9.17) is 4.74 Å². The van der Waals surface area contributed by atoms with E-state index in [1.807, 2.05) is 49.9 Å². The molecule has 0 saturated carbocycles. The Morgan fingerprint density at radius 3 is 2.42 bits per heavy atom. The number of hydrogen-bond donors (Lipinski definition) is 1. The predicted octanol–water partition coefficient (Wildman–Crippen LogP) is 6.74. The molecule has 1 aliphatic rings. The second-order valence-electron chi connectivity index (χ2n) is 11.1. The van der Waals surface area contributed by atoms with E-state index in [9.17, 15) is 23.1 Å². The summed E-state index contributed by atoms with van der Waals surface area (Å²) in [7, 11) is 1.53. The molecule has 4 rings (SSSR count). The van der Waals surface area contributed by atoms with E-state index < -0.39 is 11.7 Å². The van der Waals surface area contributed by atoms with Crippen molar-refractivity contribution >= 4 is 5.91 Å². The van der Waals surface area contributed by atoms with E-state index in [2.05, 4.69) is 4.90 Å². The molecule has 1 fully saturated rings.